The first kappa shape index (κ1) is 19.2. The van der Waals surface area contributed by atoms with Gasteiger partial charge in [0, 0.05) is 23.7 Å². The molecule has 3 aromatic rings. The molecule has 0 saturated carbocycles. The number of aromatic nitrogens is 1. The van der Waals surface area contributed by atoms with Gasteiger partial charge in [0.25, 0.3) is 0 Å². The van der Waals surface area contributed by atoms with E-state index in [1.54, 1.807) is 18.3 Å². The lowest BCUT2D eigenvalue weighted by Gasteiger charge is -2.12. The zero-order valence-electron chi connectivity index (χ0n) is 16.3. The number of nitrogens with zero attached hydrogens (tertiary/aromatic N) is 1. The van der Waals surface area contributed by atoms with Crippen LogP contribution in [0.15, 0.2) is 24.3 Å². The molecule has 0 radical (unpaired) electrons. The molecule has 142 valence electrons. The first-order valence-electron chi connectivity index (χ1n) is 8.95. The van der Waals surface area contributed by atoms with Gasteiger partial charge < -0.3 is 14.6 Å². The van der Waals surface area contributed by atoms with Gasteiger partial charge in [-0.2, -0.15) is 0 Å². The van der Waals surface area contributed by atoms with Gasteiger partial charge in [0.1, 0.15) is 4.83 Å². The average molecular weight is 385 g/mol. The second-order valence-electron chi connectivity index (χ2n) is 6.66. The lowest BCUT2D eigenvalue weighted by Crippen LogP contribution is -2.17. The van der Waals surface area contributed by atoms with E-state index in [0.29, 0.717) is 17.9 Å². The number of rotatable bonds is 5. The molecule has 1 N–H and O–H groups in total. The maximum Gasteiger partial charge on any atom is 0.357 e. The Labute approximate surface area is 163 Å². The quantitative estimate of drug-likeness (QED) is 0.642. The van der Waals surface area contributed by atoms with E-state index in [2.05, 4.69) is 36.5 Å². The summed E-state index contributed by atoms with van der Waals surface area (Å²) in [4.78, 5) is 26.8. The predicted molar refractivity (Wildman–Crippen MR) is 110 cm³/mol. The Balaban J connectivity index is 2.26. The van der Waals surface area contributed by atoms with Crippen molar-refractivity contribution in [2.75, 3.05) is 11.9 Å². The minimum atomic E-state index is -0.422. The maximum absolute atomic E-state index is 12.8. The van der Waals surface area contributed by atoms with E-state index < -0.39 is 5.97 Å². The van der Waals surface area contributed by atoms with Crippen molar-refractivity contribution < 1.29 is 14.3 Å². The zero-order chi connectivity index (χ0) is 19.7. The maximum atomic E-state index is 12.8. The highest BCUT2D eigenvalue weighted by Gasteiger charge is 2.28. The molecule has 0 aliphatic carbocycles. The molecular weight excluding hydrogens is 360 g/mol. The molecule has 0 fully saturated rings. The molecule has 2 aromatic heterocycles. The lowest BCUT2D eigenvalue weighted by atomic mass is 10.1. The third-order valence-corrected chi connectivity index (χ3v) is 5.83. The molecule has 0 spiro atoms. The van der Waals surface area contributed by atoms with Crippen LogP contribution < -0.4 is 5.32 Å². The molecule has 0 unspecified atom stereocenters. The monoisotopic (exact) mass is 384 g/mol. The van der Waals surface area contributed by atoms with Gasteiger partial charge in [-0.1, -0.05) is 29.8 Å². The number of carbonyl (C=O) groups excluding carboxylic acids is 2. The Hall–Kier alpha value is -2.60. The van der Waals surface area contributed by atoms with Crippen LogP contribution >= 0.6 is 11.3 Å². The van der Waals surface area contributed by atoms with Crippen molar-refractivity contribution >= 4 is 39.1 Å². The minimum Gasteiger partial charge on any atom is -0.461 e. The van der Waals surface area contributed by atoms with Crippen LogP contribution in [0.2, 0.25) is 0 Å². The number of nitrogens with one attached hydrogen (secondary N) is 1. The summed E-state index contributed by atoms with van der Waals surface area (Å²) in [6.45, 7) is 10.2. The molecule has 0 aliphatic rings. The van der Waals surface area contributed by atoms with Crippen LogP contribution in [0.4, 0.5) is 5.69 Å². The number of esters is 1. The van der Waals surface area contributed by atoms with Crippen molar-refractivity contribution in [1.29, 1.82) is 0 Å². The number of aryl methyl sites for hydroxylation is 3. The molecule has 1 aromatic carbocycles. The smallest absolute Gasteiger partial charge is 0.357 e. The van der Waals surface area contributed by atoms with E-state index in [0.717, 1.165) is 21.3 Å². The van der Waals surface area contributed by atoms with Crippen molar-refractivity contribution in [3.8, 4) is 0 Å². The molecule has 1 amide bonds. The summed E-state index contributed by atoms with van der Waals surface area (Å²) in [5.41, 5.74) is 4.29. The molecule has 3 rings (SSSR count). The molecular formula is C21H24N2O3S. The van der Waals surface area contributed by atoms with Crippen LogP contribution in [0.1, 0.15) is 45.9 Å². The van der Waals surface area contributed by atoms with Gasteiger partial charge >= 0.3 is 5.97 Å². The standard InChI is InChI=1S/C21H24N2O3S/c1-6-26-21(25)19-18(22-15(5)24)17-13(3)14(4)27-20(17)23(19)11-16-9-7-12(2)8-10-16/h7-10H,6,11H2,1-5H3,(H,22,24). The summed E-state index contributed by atoms with van der Waals surface area (Å²) in [6, 6.07) is 8.22. The summed E-state index contributed by atoms with van der Waals surface area (Å²) in [7, 11) is 0. The Kier molecular flexibility index (Phi) is 5.37. The number of hydrogen-bond donors (Lipinski definition) is 1. The number of hydrogen-bond acceptors (Lipinski definition) is 4. The number of anilines is 1. The fourth-order valence-electron chi connectivity index (χ4n) is 3.18. The van der Waals surface area contributed by atoms with E-state index in [9.17, 15) is 9.59 Å². The van der Waals surface area contributed by atoms with Gasteiger partial charge in [0.2, 0.25) is 5.91 Å². The molecule has 5 nitrogen and oxygen atoms in total. The second kappa shape index (κ2) is 7.56. The summed E-state index contributed by atoms with van der Waals surface area (Å²) in [5.74, 6) is -0.632. The summed E-state index contributed by atoms with van der Waals surface area (Å²) < 4.78 is 7.28. The molecule has 27 heavy (non-hydrogen) atoms. The highest BCUT2D eigenvalue weighted by atomic mass is 32.1. The fraction of sp³-hybridized carbons (Fsp3) is 0.333. The molecule has 0 saturated heterocycles. The van der Waals surface area contributed by atoms with Gasteiger partial charge in [-0.15, -0.1) is 11.3 Å². The Morgan fingerprint density at radius 3 is 2.41 bits per heavy atom. The highest BCUT2D eigenvalue weighted by molar-refractivity contribution is 7.19. The molecule has 6 heteroatoms. The van der Waals surface area contributed by atoms with Crippen LogP contribution in [0.5, 0.6) is 0 Å². The van der Waals surface area contributed by atoms with E-state index >= 15 is 0 Å². The predicted octanol–water partition coefficient (Wildman–Crippen LogP) is 4.81. The van der Waals surface area contributed by atoms with Crippen LogP contribution in [0, 0.1) is 20.8 Å². The van der Waals surface area contributed by atoms with Crippen molar-refractivity contribution in [3.63, 3.8) is 0 Å². The topological polar surface area (TPSA) is 60.3 Å². The van der Waals surface area contributed by atoms with Crippen molar-refractivity contribution in [3.05, 3.63) is 51.5 Å². The molecule has 2 heterocycles. The van der Waals surface area contributed by atoms with Gasteiger partial charge in [0.05, 0.1) is 12.3 Å². The summed E-state index contributed by atoms with van der Waals surface area (Å²) >= 11 is 1.63. The van der Waals surface area contributed by atoms with Crippen LogP contribution in [-0.2, 0) is 16.1 Å². The Morgan fingerprint density at radius 1 is 1.15 bits per heavy atom. The van der Waals surface area contributed by atoms with Gasteiger partial charge in [-0.25, -0.2) is 4.79 Å². The molecule has 0 bridgehead atoms. The number of ether oxygens (including phenoxy) is 1. The van der Waals surface area contributed by atoms with E-state index in [1.807, 2.05) is 18.4 Å². The number of carbonyl (C=O) groups is 2. The van der Waals surface area contributed by atoms with E-state index in [-0.39, 0.29) is 12.5 Å². The Bertz CT molecular complexity index is 1010. The zero-order valence-corrected chi connectivity index (χ0v) is 17.1. The van der Waals surface area contributed by atoms with Crippen molar-refractivity contribution in [2.45, 2.75) is 41.2 Å². The van der Waals surface area contributed by atoms with Gasteiger partial charge in [-0.3, -0.25) is 4.79 Å². The third-order valence-electron chi connectivity index (χ3n) is 4.60. The van der Waals surface area contributed by atoms with E-state index in [4.69, 9.17) is 4.74 Å². The fourth-order valence-corrected chi connectivity index (χ4v) is 4.35. The van der Waals surface area contributed by atoms with Crippen LogP contribution in [-0.4, -0.2) is 23.1 Å². The number of fused-ring (bicyclic) bond motifs is 1. The van der Waals surface area contributed by atoms with Gasteiger partial charge in [0.15, 0.2) is 5.69 Å². The Morgan fingerprint density at radius 2 is 1.81 bits per heavy atom. The highest BCUT2D eigenvalue weighted by Crippen LogP contribution is 2.41. The SMILES string of the molecule is CCOC(=O)c1c(NC(C)=O)c2c(C)c(C)sc2n1Cc1ccc(C)cc1. The number of amides is 1. The third kappa shape index (κ3) is 3.62. The summed E-state index contributed by atoms with van der Waals surface area (Å²) in [6.07, 6.45) is 0. The van der Waals surface area contributed by atoms with Crippen molar-refractivity contribution in [1.82, 2.24) is 4.57 Å². The lowest BCUT2D eigenvalue weighted by molar-refractivity contribution is -0.114. The van der Waals surface area contributed by atoms with Crippen LogP contribution in [0.25, 0.3) is 10.2 Å². The first-order chi connectivity index (χ1) is 12.8. The minimum absolute atomic E-state index is 0.210. The average Bonchev–Trinajstić information content (AvgIpc) is 3.05. The number of thiophene rings is 1. The first-order valence-corrected chi connectivity index (χ1v) is 9.77. The van der Waals surface area contributed by atoms with Crippen molar-refractivity contribution in [2.24, 2.45) is 0 Å². The molecule has 0 aliphatic heterocycles. The molecule has 0 atom stereocenters. The van der Waals surface area contributed by atoms with Gasteiger partial charge in [-0.05, 0) is 38.8 Å². The van der Waals surface area contributed by atoms with Crippen LogP contribution in [0.3, 0.4) is 0 Å². The second-order valence-corrected chi connectivity index (χ2v) is 7.86. The largest absolute Gasteiger partial charge is 0.461 e. The normalized spacial score (nSPS) is 11.0. The summed E-state index contributed by atoms with van der Waals surface area (Å²) in [5, 5.41) is 3.79. The van der Waals surface area contributed by atoms with E-state index in [1.165, 1.54) is 17.4 Å². The number of benzene rings is 1.